The molecule has 0 bridgehead atoms. The molecule has 13 heteroatoms. The zero-order valence-electron chi connectivity index (χ0n) is 22.3. The number of hydrogen-bond acceptors (Lipinski definition) is 9. The van der Waals surface area contributed by atoms with E-state index in [2.05, 4.69) is 22.3 Å². The van der Waals surface area contributed by atoms with Gasteiger partial charge in [-0.2, -0.15) is 0 Å². The predicted octanol–water partition coefficient (Wildman–Crippen LogP) is 2.24. The lowest BCUT2D eigenvalue weighted by molar-refractivity contribution is -0.147. The normalized spacial score (nSPS) is 14.7. The molecule has 11 nitrogen and oxygen atoms in total. The summed E-state index contributed by atoms with van der Waals surface area (Å²) in [7, 11) is -3.91. The summed E-state index contributed by atoms with van der Waals surface area (Å²) in [6.07, 6.45) is 2.45. The lowest BCUT2D eigenvalue weighted by atomic mass is 9.88. The summed E-state index contributed by atoms with van der Waals surface area (Å²) in [5.41, 5.74) is 2.96. The minimum Gasteiger partial charge on any atom is -0.462 e. The van der Waals surface area contributed by atoms with E-state index in [9.17, 15) is 27.6 Å². The average Bonchev–Trinajstić information content (AvgIpc) is 3.23. The Kier molecular flexibility index (Phi) is 10.2. The number of fused-ring (bicyclic) bond motifs is 1. The molecule has 212 valence electrons. The third-order valence-corrected chi connectivity index (χ3v) is 8.82. The lowest BCUT2D eigenvalue weighted by Gasteiger charge is -2.18. The number of amides is 2. The minimum atomic E-state index is -3.91. The van der Waals surface area contributed by atoms with E-state index in [1.807, 2.05) is 6.92 Å². The first-order valence-corrected chi connectivity index (χ1v) is 14.8. The molecule has 1 aromatic heterocycles. The van der Waals surface area contributed by atoms with E-state index in [0.29, 0.717) is 22.9 Å². The molecule has 0 aliphatic heterocycles. The second kappa shape index (κ2) is 13.2. The standard InChI is InChI=1S/C26H33N3O8S2/c1-5-36-26(33)24-19-9-6-15(2)10-20(19)38-25(24)29-22(31)14-37-23(32)13-27-21(30)12-28-39(34,35)18-8-7-16(3)17(4)11-18/h7-8,11,15,28H,5-6,9-10,12-14H2,1-4H3,(H,27,30)(H,29,31). The molecule has 0 spiro atoms. The van der Waals surface area contributed by atoms with Crippen LogP contribution in [0.25, 0.3) is 0 Å². The molecule has 0 saturated heterocycles. The number of ether oxygens (including phenoxy) is 2. The Bertz CT molecular complexity index is 1370. The number of thiophene rings is 1. The minimum absolute atomic E-state index is 0.0241. The Morgan fingerprint density at radius 1 is 1.05 bits per heavy atom. The van der Waals surface area contributed by atoms with Gasteiger partial charge < -0.3 is 20.1 Å². The molecule has 1 aliphatic carbocycles. The molecule has 1 aromatic carbocycles. The first kappa shape index (κ1) is 30.3. The van der Waals surface area contributed by atoms with Crippen molar-refractivity contribution >= 4 is 50.1 Å². The summed E-state index contributed by atoms with van der Waals surface area (Å²) in [5.74, 6) is -2.32. The van der Waals surface area contributed by atoms with Crippen molar-refractivity contribution in [2.75, 3.05) is 31.6 Å². The fraction of sp³-hybridized carbons (Fsp3) is 0.462. The van der Waals surface area contributed by atoms with Gasteiger partial charge in [0.25, 0.3) is 5.91 Å². The molecule has 0 saturated carbocycles. The van der Waals surface area contributed by atoms with Crippen LogP contribution in [0.5, 0.6) is 0 Å². The number of carbonyl (C=O) groups is 4. The summed E-state index contributed by atoms with van der Waals surface area (Å²) >= 11 is 1.32. The van der Waals surface area contributed by atoms with Gasteiger partial charge in [0, 0.05) is 4.88 Å². The fourth-order valence-electron chi connectivity index (χ4n) is 3.98. The Labute approximate surface area is 231 Å². The largest absolute Gasteiger partial charge is 0.462 e. The molecular weight excluding hydrogens is 546 g/mol. The van der Waals surface area contributed by atoms with Crippen LogP contribution in [0, 0.1) is 19.8 Å². The number of carbonyl (C=O) groups excluding carboxylic acids is 4. The van der Waals surface area contributed by atoms with E-state index in [0.717, 1.165) is 34.4 Å². The van der Waals surface area contributed by atoms with Crippen LogP contribution in [0.2, 0.25) is 0 Å². The Morgan fingerprint density at radius 3 is 2.49 bits per heavy atom. The van der Waals surface area contributed by atoms with Crippen LogP contribution in [0.15, 0.2) is 23.1 Å². The van der Waals surface area contributed by atoms with Gasteiger partial charge in [0.15, 0.2) is 6.61 Å². The fourth-order valence-corrected chi connectivity index (χ4v) is 6.46. The van der Waals surface area contributed by atoms with Gasteiger partial charge in [0.05, 0.1) is 23.6 Å². The number of benzene rings is 1. The zero-order chi connectivity index (χ0) is 28.7. The molecule has 1 heterocycles. The quantitative estimate of drug-likeness (QED) is 0.342. The summed E-state index contributed by atoms with van der Waals surface area (Å²) in [4.78, 5) is 50.1. The van der Waals surface area contributed by atoms with Crippen molar-refractivity contribution in [1.82, 2.24) is 10.0 Å². The van der Waals surface area contributed by atoms with E-state index in [1.165, 1.54) is 23.5 Å². The smallest absolute Gasteiger partial charge is 0.341 e. The third-order valence-electron chi connectivity index (χ3n) is 6.25. The van der Waals surface area contributed by atoms with Crippen molar-refractivity contribution in [3.05, 3.63) is 45.3 Å². The Morgan fingerprint density at radius 2 is 1.79 bits per heavy atom. The van der Waals surface area contributed by atoms with Gasteiger partial charge in [-0.3, -0.25) is 14.4 Å². The number of sulfonamides is 1. The van der Waals surface area contributed by atoms with Gasteiger partial charge in [0.1, 0.15) is 11.5 Å². The van der Waals surface area contributed by atoms with Crippen molar-refractivity contribution < 1.29 is 37.1 Å². The molecule has 39 heavy (non-hydrogen) atoms. The Balaban J connectivity index is 1.47. The van der Waals surface area contributed by atoms with Crippen LogP contribution < -0.4 is 15.4 Å². The number of aryl methyl sites for hydroxylation is 2. The topological polar surface area (TPSA) is 157 Å². The molecule has 2 amide bonds. The van der Waals surface area contributed by atoms with Crippen LogP contribution >= 0.6 is 11.3 Å². The van der Waals surface area contributed by atoms with E-state index in [1.54, 1.807) is 19.9 Å². The maximum Gasteiger partial charge on any atom is 0.341 e. The van der Waals surface area contributed by atoms with Gasteiger partial charge in [-0.1, -0.05) is 13.0 Å². The molecule has 3 rings (SSSR count). The monoisotopic (exact) mass is 579 g/mol. The predicted molar refractivity (Wildman–Crippen MR) is 145 cm³/mol. The second-order valence-electron chi connectivity index (χ2n) is 9.33. The van der Waals surface area contributed by atoms with E-state index in [-0.39, 0.29) is 11.5 Å². The van der Waals surface area contributed by atoms with Crippen molar-refractivity contribution in [3.63, 3.8) is 0 Å². The van der Waals surface area contributed by atoms with E-state index < -0.39 is 53.5 Å². The van der Waals surface area contributed by atoms with Crippen LogP contribution in [0.3, 0.4) is 0 Å². The maximum absolute atomic E-state index is 12.6. The summed E-state index contributed by atoms with van der Waals surface area (Å²) < 4.78 is 37.1. The molecule has 3 N–H and O–H groups in total. The van der Waals surface area contributed by atoms with Gasteiger partial charge in [-0.25, -0.2) is 17.9 Å². The summed E-state index contributed by atoms with van der Waals surface area (Å²) in [6.45, 7) is 5.89. The van der Waals surface area contributed by atoms with Crippen LogP contribution in [0.4, 0.5) is 5.00 Å². The summed E-state index contributed by atoms with van der Waals surface area (Å²) in [5, 5.41) is 5.24. The van der Waals surface area contributed by atoms with Crippen LogP contribution in [0.1, 0.15) is 52.2 Å². The molecule has 1 aliphatic rings. The molecule has 1 unspecified atom stereocenters. The summed E-state index contributed by atoms with van der Waals surface area (Å²) in [6, 6.07) is 4.60. The maximum atomic E-state index is 12.6. The number of hydrogen-bond donors (Lipinski definition) is 3. The number of nitrogens with one attached hydrogen (secondary N) is 3. The van der Waals surface area contributed by atoms with Gasteiger partial charge in [0.2, 0.25) is 15.9 Å². The van der Waals surface area contributed by atoms with Crippen molar-refractivity contribution in [2.45, 2.75) is 51.9 Å². The highest BCUT2D eigenvalue weighted by Crippen LogP contribution is 2.40. The van der Waals surface area contributed by atoms with Crippen LogP contribution in [-0.2, 0) is 46.7 Å². The molecular formula is C26H33N3O8S2. The highest BCUT2D eigenvalue weighted by molar-refractivity contribution is 7.89. The second-order valence-corrected chi connectivity index (χ2v) is 12.2. The number of rotatable bonds is 11. The Hall–Kier alpha value is -3.29. The molecule has 2 aromatic rings. The average molecular weight is 580 g/mol. The highest BCUT2D eigenvalue weighted by atomic mass is 32.2. The zero-order valence-corrected chi connectivity index (χ0v) is 24.0. The van der Waals surface area contributed by atoms with Crippen molar-refractivity contribution in [3.8, 4) is 0 Å². The van der Waals surface area contributed by atoms with Gasteiger partial charge in [-0.05, 0) is 74.8 Å². The van der Waals surface area contributed by atoms with E-state index in [4.69, 9.17) is 9.47 Å². The highest BCUT2D eigenvalue weighted by Gasteiger charge is 2.29. The third kappa shape index (κ3) is 8.10. The SMILES string of the molecule is CCOC(=O)c1c(NC(=O)COC(=O)CNC(=O)CNS(=O)(=O)c2ccc(C)c(C)c2)sc2c1CCC(C)C2. The van der Waals surface area contributed by atoms with Crippen molar-refractivity contribution in [2.24, 2.45) is 5.92 Å². The van der Waals surface area contributed by atoms with Crippen molar-refractivity contribution in [1.29, 1.82) is 0 Å². The van der Waals surface area contributed by atoms with Crippen LogP contribution in [-0.4, -0.2) is 58.5 Å². The first-order valence-electron chi connectivity index (χ1n) is 12.5. The number of anilines is 1. The first-order chi connectivity index (χ1) is 18.4. The molecule has 1 atom stereocenters. The molecule has 0 fully saturated rings. The lowest BCUT2D eigenvalue weighted by Crippen LogP contribution is -2.39. The molecule has 0 radical (unpaired) electrons. The number of esters is 2. The van der Waals surface area contributed by atoms with Gasteiger partial charge in [-0.15, -0.1) is 11.3 Å². The van der Waals surface area contributed by atoms with Gasteiger partial charge >= 0.3 is 11.9 Å². The van der Waals surface area contributed by atoms with E-state index >= 15 is 0 Å².